The van der Waals surface area contributed by atoms with Crippen LogP contribution in [0.15, 0.2) is 0 Å². The van der Waals surface area contributed by atoms with E-state index in [0.717, 1.165) is 0 Å². The normalized spacial score (nSPS) is 35.7. The van der Waals surface area contributed by atoms with Gasteiger partial charge in [0.25, 0.3) is 0 Å². The van der Waals surface area contributed by atoms with Crippen LogP contribution in [0.2, 0.25) is 6.32 Å². The monoisotopic (exact) mass is 212 g/mol. The molecule has 1 aliphatic rings. The summed E-state index contributed by atoms with van der Waals surface area (Å²) in [6.07, 6.45) is 0.617. The lowest BCUT2D eigenvalue weighted by Crippen LogP contribution is -2.56. The van der Waals surface area contributed by atoms with E-state index >= 15 is 0 Å². The summed E-state index contributed by atoms with van der Waals surface area (Å²) in [7, 11) is -0.479. The van der Waals surface area contributed by atoms with Crippen molar-refractivity contribution in [3.05, 3.63) is 0 Å². The van der Waals surface area contributed by atoms with Crippen molar-refractivity contribution >= 4 is 18.7 Å². The van der Waals surface area contributed by atoms with E-state index in [1.54, 1.807) is 13.8 Å². The SMILES string of the molecule is CCB1OC(C)(C(C)=O)C(C)(C(C)=O)O1. The summed E-state index contributed by atoms with van der Waals surface area (Å²) in [5, 5.41) is 0. The molecule has 0 saturated carbocycles. The Kier molecular flexibility index (Phi) is 3.07. The zero-order valence-electron chi connectivity index (χ0n) is 9.92. The van der Waals surface area contributed by atoms with Gasteiger partial charge in [0.05, 0.1) is 0 Å². The molecule has 0 aromatic heterocycles. The van der Waals surface area contributed by atoms with E-state index < -0.39 is 18.3 Å². The van der Waals surface area contributed by atoms with Crippen LogP contribution < -0.4 is 0 Å². The van der Waals surface area contributed by atoms with Gasteiger partial charge in [-0.2, -0.15) is 0 Å². The van der Waals surface area contributed by atoms with Crippen LogP contribution in [0.3, 0.4) is 0 Å². The molecule has 4 nitrogen and oxygen atoms in total. The van der Waals surface area contributed by atoms with Crippen molar-refractivity contribution in [1.82, 2.24) is 0 Å². The van der Waals surface area contributed by atoms with E-state index in [-0.39, 0.29) is 11.6 Å². The average Bonchev–Trinajstić information content (AvgIpc) is 2.41. The molecule has 1 fully saturated rings. The molecule has 1 rings (SSSR count). The Hall–Kier alpha value is -0.675. The molecule has 2 unspecified atom stereocenters. The standard InChI is InChI=1S/C10H17BO4/c1-6-11-14-9(4,7(2)12)10(5,15-11)8(3)13/h6H2,1-5H3. The van der Waals surface area contributed by atoms with E-state index in [2.05, 4.69) is 0 Å². The van der Waals surface area contributed by atoms with E-state index in [0.29, 0.717) is 6.32 Å². The molecule has 1 heterocycles. The Morgan fingerprint density at radius 1 is 1.07 bits per heavy atom. The van der Waals surface area contributed by atoms with E-state index in [1.807, 2.05) is 6.92 Å². The van der Waals surface area contributed by atoms with Crippen LogP contribution >= 0.6 is 0 Å². The Balaban J connectivity index is 3.14. The van der Waals surface area contributed by atoms with Crippen molar-refractivity contribution < 1.29 is 18.9 Å². The minimum atomic E-state index is -1.17. The molecule has 0 bridgehead atoms. The van der Waals surface area contributed by atoms with Gasteiger partial charge >= 0.3 is 7.12 Å². The second-order valence-corrected chi connectivity index (χ2v) is 4.25. The van der Waals surface area contributed by atoms with Crippen LogP contribution in [-0.4, -0.2) is 29.9 Å². The maximum Gasteiger partial charge on any atom is 0.458 e. The van der Waals surface area contributed by atoms with Crippen LogP contribution in [0.25, 0.3) is 0 Å². The van der Waals surface area contributed by atoms with Gasteiger partial charge in [0.2, 0.25) is 0 Å². The molecule has 1 saturated heterocycles. The maximum atomic E-state index is 11.6. The van der Waals surface area contributed by atoms with Crippen LogP contribution in [0.4, 0.5) is 0 Å². The third kappa shape index (κ3) is 1.64. The van der Waals surface area contributed by atoms with Gasteiger partial charge in [-0.15, -0.1) is 0 Å². The smallest absolute Gasteiger partial charge is 0.396 e. The number of hydrogen-bond donors (Lipinski definition) is 0. The van der Waals surface area contributed by atoms with Crippen molar-refractivity contribution in [3.8, 4) is 0 Å². The number of rotatable bonds is 3. The van der Waals surface area contributed by atoms with E-state index in [9.17, 15) is 9.59 Å². The molecule has 0 aromatic carbocycles. The molecule has 2 atom stereocenters. The highest BCUT2D eigenvalue weighted by Gasteiger charge is 2.61. The molecule has 0 radical (unpaired) electrons. The average molecular weight is 212 g/mol. The first-order valence-electron chi connectivity index (χ1n) is 5.15. The molecule has 0 spiro atoms. The van der Waals surface area contributed by atoms with Gasteiger partial charge in [-0.1, -0.05) is 6.92 Å². The minimum Gasteiger partial charge on any atom is -0.396 e. The van der Waals surface area contributed by atoms with Crippen LogP contribution in [0, 0.1) is 0 Å². The van der Waals surface area contributed by atoms with Gasteiger partial charge < -0.3 is 9.31 Å². The van der Waals surface area contributed by atoms with Crippen molar-refractivity contribution in [2.45, 2.75) is 52.1 Å². The van der Waals surface area contributed by atoms with Gasteiger partial charge in [-0.05, 0) is 34.0 Å². The molecule has 0 N–H and O–H groups in total. The summed E-state index contributed by atoms with van der Waals surface area (Å²) in [4.78, 5) is 23.2. The fourth-order valence-corrected chi connectivity index (χ4v) is 1.78. The second kappa shape index (κ2) is 3.72. The first kappa shape index (κ1) is 12.4. The highest BCUT2D eigenvalue weighted by atomic mass is 16.7. The topological polar surface area (TPSA) is 52.6 Å². The maximum absolute atomic E-state index is 11.6. The van der Waals surface area contributed by atoms with Gasteiger partial charge in [-0.3, -0.25) is 9.59 Å². The van der Waals surface area contributed by atoms with Crippen LogP contribution in [0.1, 0.15) is 34.6 Å². The highest BCUT2D eigenvalue weighted by molar-refractivity contribution is 6.46. The molecular weight excluding hydrogens is 195 g/mol. The Morgan fingerprint density at radius 2 is 1.40 bits per heavy atom. The third-order valence-electron chi connectivity index (χ3n) is 3.32. The first-order chi connectivity index (χ1) is 6.78. The summed E-state index contributed by atoms with van der Waals surface area (Å²) in [6.45, 7) is 7.96. The zero-order valence-corrected chi connectivity index (χ0v) is 9.92. The Bertz CT molecular complexity index is 276. The molecule has 15 heavy (non-hydrogen) atoms. The summed E-state index contributed by atoms with van der Waals surface area (Å²) in [5.74, 6) is -0.368. The predicted molar refractivity (Wildman–Crippen MR) is 56.6 cm³/mol. The lowest BCUT2D eigenvalue weighted by atomic mass is 9.80. The molecule has 0 amide bonds. The van der Waals surface area contributed by atoms with Crippen LogP contribution in [0.5, 0.6) is 0 Å². The van der Waals surface area contributed by atoms with E-state index in [4.69, 9.17) is 9.31 Å². The van der Waals surface area contributed by atoms with Crippen molar-refractivity contribution in [3.63, 3.8) is 0 Å². The summed E-state index contributed by atoms with van der Waals surface area (Å²) >= 11 is 0. The fourth-order valence-electron chi connectivity index (χ4n) is 1.78. The number of ketones is 2. The Morgan fingerprint density at radius 3 is 1.60 bits per heavy atom. The van der Waals surface area contributed by atoms with E-state index in [1.165, 1.54) is 13.8 Å². The summed E-state index contributed by atoms with van der Waals surface area (Å²) in [6, 6.07) is 0. The van der Waals surface area contributed by atoms with Gasteiger partial charge in [-0.25, -0.2) is 0 Å². The summed E-state index contributed by atoms with van der Waals surface area (Å²) in [5.41, 5.74) is -2.33. The van der Waals surface area contributed by atoms with Gasteiger partial charge in [0.15, 0.2) is 11.6 Å². The fraction of sp³-hybridized carbons (Fsp3) is 0.800. The molecular formula is C10H17BO4. The molecule has 84 valence electrons. The third-order valence-corrected chi connectivity index (χ3v) is 3.32. The minimum absolute atomic E-state index is 0.184. The molecule has 5 heteroatoms. The number of hydrogen-bond acceptors (Lipinski definition) is 4. The second-order valence-electron chi connectivity index (χ2n) is 4.25. The van der Waals surface area contributed by atoms with Gasteiger partial charge in [0.1, 0.15) is 11.2 Å². The lowest BCUT2D eigenvalue weighted by Gasteiger charge is -2.34. The van der Waals surface area contributed by atoms with Crippen molar-refractivity contribution in [2.24, 2.45) is 0 Å². The largest absolute Gasteiger partial charge is 0.458 e. The first-order valence-corrected chi connectivity index (χ1v) is 5.15. The van der Waals surface area contributed by atoms with Gasteiger partial charge in [0, 0.05) is 0 Å². The van der Waals surface area contributed by atoms with Crippen molar-refractivity contribution in [2.75, 3.05) is 0 Å². The highest BCUT2D eigenvalue weighted by Crippen LogP contribution is 2.39. The molecule has 1 aliphatic heterocycles. The quantitative estimate of drug-likeness (QED) is 0.660. The molecule has 0 aromatic rings. The lowest BCUT2D eigenvalue weighted by molar-refractivity contribution is -0.150. The molecule has 0 aliphatic carbocycles. The summed E-state index contributed by atoms with van der Waals surface area (Å²) < 4.78 is 11.1. The van der Waals surface area contributed by atoms with Crippen LogP contribution in [-0.2, 0) is 18.9 Å². The predicted octanol–water partition coefficient (Wildman–Crippen LogP) is 1.24. The zero-order chi connectivity index (χ0) is 11.9. The number of carbonyl (C=O) groups is 2. The number of carbonyl (C=O) groups excluding carboxylic acids is 2. The van der Waals surface area contributed by atoms with Crippen molar-refractivity contribution in [1.29, 1.82) is 0 Å². The Labute approximate surface area is 90.5 Å². The number of Topliss-reactive ketones (excluding diaryl/α,β-unsaturated/α-hetero) is 2.